The third-order valence-corrected chi connectivity index (χ3v) is 3.97. The van der Waals surface area contributed by atoms with Crippen molar-refractivity contribution in [1.29, 1.82) is 0 Å². The van der Waals surface area contributed by atoms with Gasteiger partial charge in [0.05, 0.1) is 22.5 Å². The zero-order valence-corrected chi connectivity index (χ0v) is 12.6. The van der Waals surface area contributed by atoms with Crippen LogP contribution in [0.4, 0.5) is 0 Å². The van der Waals surface area contributed by atoms with E-state index in [2.05, 4.69) is 28.0 Å². The van der Waals surface area contributed by atoms with Crippen molar-refractivity contribution in [2.24, 2.45) is 0 Å². The van der Waals surface area contributed by atoms with E-state index in [0.717, 1.165) is 33.7 Å². The van der Waals surface area contributed by atoms with Gasteiger partial charge in [-0.3, -0.25) is 4.68 Å². The van der Waals surface area contributed by atoms with Crippen molar-refractivity contribution in [3.8, 4) is 5.75 Å². The molecule has 0 fully saturated rings. The van der Waals surface area contributed by atoms with Crippen LogP contribution < -0.4 is 4.74 Å². The molecular formula is C14H17BrN2O2. The van der Waals surface area contributed by atoms with Crippen LogP contribution >= 0.6 is 15.9 Å². The Morgan fingerprint density at radius 2 is 2.00 bits per heavy atom. The Labute approximate surface area is 121 Å². The van der Waals surface area contributed by atoms with Gasteiger partial charge in [0.1, 0.15) is 12.4 Å². The number of aliphatic hydroxyl groups excluding tert-OH is 1. The van der Waals surface area contributed by atoms with E-state index >= 15 is 0 Å². The van der Waals surface area contributed by atoms with Crippen molar-refractivity contribution < 1.29 is 9.84 Å². The number of ether oxygens (including phenoxy) is 1. The summed E-state index contributed by atoms with van der Waals surface area (Å²) in [5, 5.41) is 13.4. The second-order valence-electron chi connectivity index (χ2n) is 4.25. The zero-order chi connectivity index (χ0) is 13.8. The molecule has 1 aromatic carbocycles. The van der Waals surface area contributed by atoms with Crippen LogP contribution in [0, 0.1) is 6.92 Å². The van der Waals surface area contributed by atoms with Gasteiger partial charge in [-0.05, 0) is 47.5 Å². The SMILES string of the molecule is CCn1nc(C)c(Br)c1COc1ccc(CO)cc1. The zero-order valence-electron chi connectivity index (χ0n) is 11.1. The van der Waals surface area contributed by atoms with Crippen LogP contribution in [0.3, 0.4) is 0 Å². The van der Waals surface area contributed by atoms with Gasteiger partial charge >= 0.3 is 0 Å². The molecule has 0 amide bonds. The molecule has 4 nitrogen and oxygen atoms in total. The van der Waals surface area contributed by atoms with Crippen LogP contribution in [0.1, 0.15) is 23.9 Å². The second kappa shape index (κ2) is 6.21. The Morgan fingerprint density at radius 1 is 1.32 bits per heavy atom. The van der Waals surface area contributed by atoms with E-state index < -0.39 is 0 Å². The summed E-state index contributed by atoms with van der Waals surface area (Å²) in [6, 6.07) is 7.43. The Kier molecular flexibility index (Phi) is 4.61. The minimum absolute atomic E-state index is 0.0492. The van der Waals surface area contributed by atoms with Crippen molar-refractivity contribution in [3.63, 3.8) is 0 Å². The number of hydrogen-bond acceptors (Lipinski definition) is 3. The molecule has 2 rings (SSSR count). The molecule has 1 N–H and O–H groups in total. The van der Waals surface area contributed by atoms with Crippen LogP contribution in [0.5, 0.6) is 5.75 Å². The Morgan fingerprint density at radius 3 is 2.58 bits per heavy atom. The van der Waals surface area contributed by atoms with Gasteiger partial charge in [-0.2, -0.15) is 5.10 Å². The first-order valence-electron chi connectivity index (χ1n) is 6.20. The van der Waals surface area contributed by atoms with Gasteiger partial charge in [0.15, 0.2) is 0 Å². The van der Waals surface area contributed by atoms with Gasteiger partial charge in [-0.25, -0.2) is 0 Å². The molecule has 0 aliphatic rings. The highest BCUT2D eigenvalue weighted by Crippen LogP contribution is 2.23. The third-order valence-electron chi connectivity index (χ3n) is 2.93. The highest BCUT2D eigenvalue weighted by molar-refractivity contribution is 9.10. The lowest BCUT2D eigenvalue weighted by atomic mass is 10.2. The van der Waals surface area contributed by atoms with Crippen molar-refractivity contribution in [1.82, 2.24) is 9.78 Å². The van der Waals surface area contributed by atoms with Crippen LogP contribution in [-0.4, -0.2) is 14.9 Å². The van der Waals surface area contributed by atoms with E-state index in [1.807, 2.05) is 35.9 Å². The molecule has 0 bridgehead atoms. The number of aryl methyl sites for hydroxylation is 2. The molecule has 102 valence electrons. The van der Waals surface area contributed by atoms with Crippen molar-refractivity contribution in [2.75, 3.05) is 0 Å². The summed E-state index contributed by atoms with van der Waals surface area (Å²) in [6.07, 6.45) is 0. The quantitative estimate of drug-likeness (QED) is 0.919. The standard InChI is InChI=1S/C14H17BrN2O2/c1-3-17-13(14(15)10(2)16-17)9-19-12-6-4-11(8-18)5-7-12/h4-7,18H,3,8-9H2,1-2H3. The molecule has 19 heavy (non-hydrogen) atoms. The van der Waals surface area contributed by atoms with Crippen LogP contribution in [-0.2, 0) is 19.8 Å². The first kappa shape index (κ1) is 14.1. The number of rotatable bonds is 5. The maximum atomic E-state index is 8.99. The summed E-state index contributed by atoms with van der Waals surface area (Å²) < 4.78 is 8.69. The first-order valence-corrected chi connectivity index (χ1v) is 6.99. The fraction of sp³-hybridized carbons (Fsp3) is 0.357. The Bertz CT molecular complexity index is 549. The van der Waals surface area contributed by atoms with Gasteiger partial charge in [0, 0.05) is 6.54 Å². The number of benzene rings is 1. The summed E-state index contributed by atoms with van der Waals surface area (Å²) in [6.45, 7) is 5.35. The predicted octanol–water partition coefficient (Wildman–Crippen LogP) is 3.05. The Hall–Kier alpha value is -1.33. The van der Waals surface area contributed by atoms with E-state index in [0.29, 0.717) is 6.61 Å². The summed E-state index contributed by atoms with van der Waals surface area (Å²) in [4.78, 5) is 0. The van der Waals surface area contributed by atoms with E-state index in [-0.39, 0.29) is 6.61 Å². The van der Waals surface area contributed by atoms with Gasteiger partial charge in [0.2, 0.25) is 0 Å². The summed E-state index contributed by atoms with van der Waals surface area (Å²) >= 11 is 3.54. The number of aliphatic hydroxyl groups is 1. The lowest BCUT2D eigenvalue weighted by Crippen LogP contribution is -2.06. The second-order valence-corrected chi connectivity index (χ2v) is 5.05. The van der Waals surface area contributed by atoms with Crippen molar-refractivity contribution in [3.05, 3.63) is 45.7 Å². The molecule has 1 aromatic heterocycles. The van der Waals surface area contributed by atoms with Crippen molar-refractivity contribution >= 4 is 15.9 Å². The van der Waals surface area contributed by atoms with Crippen molar-refractivity contribution in [2.45, 2.75) is 33.6 Å². The fourth-order valence-electron chi connectivity index (χ4n) is 1.85. The Balaban J connectivity index is 2.09. The number of aromatic nitrogens is 2. The number of nitrogens with zero attached hydrogens (tertiary/aromatic N) is 2. The van der Waals surface area contributed by atoms with Crippen LogP contribution in [0.2, 0.25) is 0 Å². The number of halogens is 1. The first-order chi connectivity index (χ1) is 9.15. The average Bonchev–Trinajstić information content (AvgIpc) is 2.72. The molecule has 0 radical (unpaired) electrons. The van der Waals surface area contributed by atoms with Gasteiger partial charge in [-0.15, -0.1) is 0 Å². The molecule has 1 heterocycles. The predicted molar refractivity (Wildman–Crippen MR) is 77.0 cm³/mol. The smallest absolute Gasteiger partial charge is 0.131 e. The highest BCUT2D eigenvalue weighted by atomic mass is 79.9. The van der Waals surface area contributed by atoms with Crippen LogP contribution in [0.25, 0.3) is 0 Å². The maximum absolute atomic E-state index is 8.99. The molecule has 5 heteroatoms. The topological polar surface area (TPSA) is 47.3 Å². The lowest BCUT2D eigenvalue weighted by Gasteiger charge is -2.09. The number of hydrogen-bond donors (Lipinski definition) is 1. The van der Waals surface area contributed by atoms with E-state index in [4.69, 9.17) is 9.84 Å². The molecule has 0 aliphatic carbocycles. The van der Waals surface area contributed by atoms with Crippen LogP contribution in [0.15, 0.2) is 28.7 Å². The summed E-state index contributed by atoms with van der Waals surface area (Å²) in [5.41, 5.74) is 2.88. The molecule has 0 spiro atoms. The average molecular weight is 325 g/mol. The molecule has 0 atom stereocenters. The fourth-order valence-corrected chi connectivity index (χ4v) is 2.25. The third kappa shape index (κ3) is 3.16. The lowest BCUT2D eigenvalue weighted by molar-refractivity contribution is 0.279. The van der Waals surface area contributed by atoms with E-state index in [1.54, 1.807) is 0 Å². The molecule has 0 saturated heterocycles. The van der Waals surface area contributed by atoms with Gasteiger partial charge in [-0.1, -0.05) is 12.1 Å². The maximum Gasteiger partial charge on any atom is 0.131 e. The molecule has 0 aliphatic heterocycles. The monoisotopic (exact) mass is 324 g/mol. The molecular weight excluding hydrogens is 308 g/mol. The summed E-state index contributed by atoms with van der Waals surface area (Å²) in [7, 11) is 0. The largest absolute Gasteiger partial charge is 0.487 e. The highest BCUT2D eigenvalue weighted by Gasteiger charge is 2.12. The molecule has 2 aromatic rings. The van der Waals surface area contributed by atoms with E-state index in [9.17, 15) is 0 Å². The minimum atomic E-state index is 0.0492. The minimum Gasteiger partial charge on any atom is -0.487 e. The van der Waals surface area contributed by atoms with Gasteiger partial charge < -0.3 is 9.84 Å². The molecule has 0 saturated carbocycles. The normalized spacial score (nSPS) is 10.7. The molecule has 0 unspecified atom stereocenters. The van der Waals surface area contributed by atoms with E-state index in [1.165, 1.54) is 0 Å². The summed E-state index contributed by atoms with van der Waals surface area (Å²) in [5.74, 6) is 0.783. The van der Waals surface area contributed by atoms with Gasteiger partial charge in [0.25, 0.3) is 0 Å².